The summed E-state index contributed by atoms with van der Waals surface area (Å²) in [7, 11) is 0. The van der Waals surface area contributed by atoms with Crippen molar-refractivity contribution in [1.29, 1.82) is 5.26 Å². The van der Waals surface area contributed by atoms with Gasteiger partial charge in [-0.05, 0) is 60.4 Å². The van der Waals surface area contributed by atoms with Gasteiger partial charge in [0.2, 0.25) is 0 Å². The van der Waals surface area contributed by atoms with Crippen LogP contribution in [0, 0.1) is 22.7 Å². The van der Waals surface area contributed by atoms with E-state index in [1.54, 1.807) is 0 Å². The van der Waals surface area contributed by atoms with Crippen molar-refractivity contribution < 1.29 is 9.53 Å². The van der Waals surface area contributed by atoms with Crippen molar-refractivity contribution in [3.8, 4) is 22.9 Å². The Morgan fingerprint density at radius 3 is 2.33 bits per heavy atom. The van der Waals surface area contributed by atoms with E-state index in [1.807, 2.05) is 24.3 Å². The first-order valence-electron chi connectivity index (χ1n) is 11.4. The SMILES string of the molecule is CCCCCc1ccc(-c2ccc(OC(=O)C3(C#N)CCCC(CC)C3)cc2)cc1. The fraction of sp³-hybridized carbons (Fsp3) is 0.481. The minimum Gasteiger partial charge on any atom is -0.425 e. The van der Waals surface area contributed by atoms with Crippen LogP contribution in [-0.2, 0) is 11.2 Å². The molecule has 0 bridgehead atoms. The van der Waals surface area contributed by atoms with Gasteiger partial charge in [0.1, 0.15) is 5.75 Å². The molecule has 0 N–H and O–H groups in total. The first-order valence-corrected chi connectivity index (χ1v) is 11.4. The molecule has 0 heterocycles. The fourth-order valence-electron chi connectivity index (χ4n) is 4.43. The molecule has 0 radical (unpaired) electrons. The summed E-state index contributed by atoms with van der Waals surface area (Å²) >= 11 is 0. The van der Waals surface area contributed by atoms with Crippen LogP contribution in [0.15, 0.2) is 48.5 Å². The third-order valence-corrected chi connectivity index (χ3v) is 6.46. The smallest absolute Gasteiger partial charge is 0.331 e. The van der Waals surface area contributed by atoms with Crippen LogP contribution in [0.2, 0.25) is 0 Å². The number of nitrogens with zero attached hydrogens (tertiary/aromatic N) is 1. The van der Waals surface area contributed by atoms with Gasteiger partial charge in [0, 0.05) is 0 Å². The Morgan fingerprint density at radius 1 is 1.07 bits per heavy atom. The maximum Gasteiger partial charge on any atom is 0.331 e. The highest BCUT2D eigenvalue weighted by Crippen LogP contribution is 2.41. The van der Waals surface area contributed by atoms with Gasteiger partial charge in [0.25, 0.3) is 0 Å². The lowest BCUT2D eigenvalue weighted by Crippen LogP contribution is -2.38. The Balaban J connectivity index is 1.64. The van der Waals surface area contributed by atoms with Gasteiger partial charge in [-0.2, -0.15) is 5.26 Å². The summed E-state index contributed by atoms with van der Waals surface area (Å²) in [5, 5.41) is 9.74. The maximum atomic E-state index is 12.8. The van der Waals surface area contributed by atoms with Crippen LogP contribution < -0.4 is 4.74 Å². The van der Waals surface area contributed by atoms with Crippen LogP contribution in [0.3, 0.4) is 0 Å². The van der Waals surface area contributed by atoms with E-state index >= 15 is 0 Å². The van der Waals surface area contributed by atoms with Crippen LogP contribution in [-0.4, -0.2) is 5.97 Å². The zero-order chi connectivity index (χ0) is 21.4. The van der Waals surface area contributed by atoms with Crippen molar-refractivity contribution in [1.82, 2.24) is 0 Å². The predicted molar refractivity (Wildman–Crippen MR) is 121 cm³/mol. The summed E-state index contributed by atoms with van der Waals surface area (Å²) in [6, 6.07) is 18.6. The minimum absolute atomic E-state index is 0.396. The van der Waals surface area contributed by atoms with Crippen LogP contribution in [0.25, 0.3) is 11.1 Å². The minimum atomic E-state index is -0.995. The number of rotatable bonds is 8. The average molecular weight is 404 g/mol. The number of carbonyl (C=O) groups excluding carboxylic acids is 1. The fourth-order valence-corrected chi connectivity index (χ4v) is 4.43. The molecule has 30 heavy (non-hydrogen) atoms. The molecule has 3 heteroatoms. The summed E-state index contributed by atoms with van der Waals surface area (Å²) < 4.78 is 5.64. The molecule has 2 aromatic carbocycles. The molecule has 3 nitrogen and oxygen atoms in total. The summed E-state index contributed by atoms with van der Waals surface area (Å²) in [5.74, 6) is 0.541. The van der Waals surface area contributed by atoms with Crippen molar-refractivity contribution in [2.75, 3.05) is 0 Å². The molecule has 2 unspecified atom stereocenters. The molecule has 3 rings (SSSR count). The van der Waals surface area contributed by atoms with E-state index in [0.717, 1.165) is 36.8 Å². The first kappa shape index (κ1) is 22.1. The van der Waals surface area contributed by atoms with Crippen LogP contribution in [0.1, 0.15) is 70.8 Å². The topological polar surface area (TPSA) is 50.1 Å². The molecule has 1 saturated carbocycles. The van der Waals surface area contributed by atoms with E-state index in [1.165, 1.54) is 24.8 Å². The van der Waals surface area contributed by atoms with E-state index in [0.29, 0.717) is 24.5 Å². The quantitative estimate of drug-likeness (QED) is 0.268. The van der Waals surface area contributed by atoms with E-state index in [9.17, 15) is 10.1 Å². The summed E-state index contributed by atoms with van der Waals surface area (Å²) in [5.41, 5.74) is 2.62. The third-order valence-electron chi connectivity index (χ3n) is 6.46. The van der Waals surface area contributed by atoms with E-state index in [-0.39, 0.29) is 0 Å². The Labute approximate surface area is 181 Å². The number of hydrogen-bond acceptors (Lipinski definition) is 3. The summed E-state index contributed by atoms with van der Waals surface area (Å²) in [6.45, 7) is 4.35. The van der Waals surface area contributed by atoms with Gasteiger partial charge in [-0.25, -0.2) is 4.79 Å². The second kappa shape index (κ2) is 10.4. The predicted octanol–water partition coefficient (Wildman–Crippen LogP) is 7.10. The zero-order valence-corrected chi connectivity index (χ0v) is 18.3. The van der Waals surface area contributed by atoms with Crippen LogP contribution >= 0.6 is 0 Å². The molecule has 0 amide bonds. The molecule has 2 atom stereocenters. The lowest BCUT2D eigenvalue weighted by molar-refractivity contribution is -0.145. The molecule has 0 saturated heterocycles. The number of unbranched alkanes of at least 4 members (excludes halogenated alkanes) is 2. The average Bonchev–Trinajstić information content (AvgIpc) is 2.80. The Kier molecular flexibility index (Phi) is 7.69. The van der Waals surface area contributed by atoms with Gasteiger partial charge in [0.15, 0.2) is 5.41 Å². The molecular weight excluding hydrogens is 370 g/mol. The number of nitriles is 1. The summed E-state index contributed by atoms with van der Waals surface area (Å²) in [6.07, 6.45) is 9.10. The lowest BCUT2D eigenvalue weighted by Gasteiger charge is -2.33. The standard InChI is InChI=1S/C27H33NO2/c1-3-5-6-8-22-10-12-23(13-11-22)24-14-16-25(17-15-24)30-26(29)27(20-28)18-7-9-21(4-2)19-27/h10-17,21H,3-9,18-19H2,1-2H3. The zero-order valence-electron chi connectivity index (χ0n) is 18.3. The number of hydrogen-bond donors (Lipinski definition) is 0. The third kappa shape index (κ3) is 5.30. The van der Waals surface area contributed by atoms with Crippen molar-refractivity contribution >= 4 is 5.97 Å². The van der Waals surface area contributed by atoms with Crippen molar-refractivity contribution in [3.05, 3.63) is 54.1 Å². The monoisotopic (exact) mass is 403 g/mol. The van der Waals surface area contributed by atoms with Crippen LogP contribution in [0.5, 0.6) is 5.75 Å². The molecule has 158 valence electrons. The maximum absolute atomic E-state index is 12.8. The second-order valence-electron chi connectivity index (χ2n) is 8.63. The highest BCUT2D eigenvalue weighted by atomic mass is 16.5. The molecule has 1 aliphatic carbocycles. The van der Waals surface area contributed by atoms with Crippen LogP contribution in [0.4, 0.5) is 0 Å². The van der Waals surface area contributed by atoms with Gasteiger partial charge in [-0.3, -0.25) is 0 Å². The molecule has 1 fully saturated rings. The first-order chi connectivity index (χ1) is 14.6. The highest BCUT2D eigenvalue weighted by Gasteiger charge is 2.44. The number of aryl methyl sites for hydroxylation is 1. The Morgan fingerprint density at radius 2 is 1.73 bits per heavy atom. The largest absolute Gasteiger partial charge is 0.425 e. The van der Waals surface area contributed by atoms with Crippen molar-refractivity contribution in [2.24, 2.45) is 11.3 Å². The van der Waals surface area contributed by atoms with Gasteiger partial charge in [-0.1, -0.05) is 82.3 Å². The van der Waals surface area contributed by atoms with Gasteiger partial charge < -0.3 is 4.74 Å². The Hall–Kier alpha value is -2.60. The van der Waals surface area contributed by atoms with E-state index < -0.39 is 11.4 Å². The van der Waals surface area contributed by atoms with Gasteiger partial charge in [0.05, 0.1) is 6.07 Å². The Bertz CT molecular complexity index is 863. The summed E-state index contributed by atoms with van der Waals surface area (Å²) in [4.78, 5) is 12.8. The van der Waals surface area contributed by atoms with Crippen molar-refractivity contribution in [3.63, 3.8) is 0 Å². The van der Waals surface area contributed by atoms with E-state index in [4.69, 9.17) is 4.74 Å². The lowest BCUT2D eigenvalue weighted by atomic mass is 9.70. The number of ether oxygens (including phenoxy) is 1. The number of esters is 1. The van der Waals surface area contributed by atoms with E-state index in [2.05, 4.69) is 44.2 Å². The molecule has 0 aliphatic heterocycles. The molecular formula is C27H33NO2. The number of benzene rings is 2. The molecule has 2 aromatic rings. The van der Waals surface area contributed by atoms with Gasteiger partial charge in [-0.15, -0.1) is 0 Å². The number of carbonyl (C=O) groups is 1. The second-order valence-corrected chi connectivity index (χ2v) is 8.63. The highest BCUT2D eigenvalue weighted by molar-refractivity contribution is 5.82. The molecule has 1 aliphatic rings. The van der Waals surface area contributed by atoms with Crippen molar-refractivity contribution in [2.45, 2.75) is 71.6 Å². The molecule has 0 aromatic heterocycles. The normalized spacial score (nSPS) is 21.0. The molecule has 0 spiro atoms. The van der Waals surface area contributed by atoms with Gasteiger partial charge >= 0.3 is 5.97 Å².